The van der Waals surface area contributed by atoms with Gasteiger partial charge in [0, 0.05) is 12.8 Å². The minimum atomic E-state index is -1.51. The molecule has 0 spiro atoms. The van der Waals surface area contributed by atoms with Crippen LogP contribution in [-0.2, 0) is 33.3 Å². The van der Waals surface area contributed by atoms with E-state index in [2.05, 4.69) is 86.8 Å². The fraction of sp³-hybridized carbons (Fsp3) is 0.803. The molecule has 0 aliphatic carbocycles. The molecule has 1 N–H and O–H groups in total. The zero-order valence-corrected chi connectivity index (χ0v) is 56.5. The Hall–Kier alpha value is -3.27. The molecule has 0 rings (SSSR count). The number of aliphatic carboxylic acids is 1. The van der Waals surface area contributed by atoms with Crippen molar-refractivity contribution in [2.24, 2.45) is 0 Å². The Morgan fingerprint density at radius 1 is 0.365 bits per heavy atom. The van der Waals surface area contributed by atoms with E-state index in [1.54, 1.807) is 0 Å². The maximum atomic E-state index is 12.9. The van der Waals surface area contributed by atoms with Crippen LogP contribution in [0, 0.1) is 0 Å². The van der Waals surface area contributed by atoms with Crippen LogP contribution in [0.25, 0.3) is 0 Å². The summed E-state index contributed by atoms with van der Waals surface area (Å²) in [5.74, 6) is -1.99. The molecule has 0 saturated heterocycles. The first-order chi connectivity index (χ1) is 41.6. The zero-order valence-electron chi connectivity index (χ0n) is 56.5. The van der Waals surface area contributed by atoms with Crippen molar-refractivity contribution in [1.82, 2.24) is 0 Å². The molecule has 9 heteroatoms. The number of carbonyl (C=O) groups is 3. The smallest absolute Gasteiger partial charge is 0.361 e. The number of nitrogens with zero attached hydrogens (tertiary/aromatic N) is 1. The fourth-order valence-corrected chi connectivity index (χ4v) is 10.5. The van der Waals surface area contributed by atoms with Crippen LogP contribution in [0.15, 0.2) is 72.9 Å². The van der Waals surface area contributed by atoms with Crippen LogP contribution in [-0.4, -0.2) is 87.4 Å². The maximum Gasteiger partial charge on any atom is 0.361 e. The number of unbranched alkanes of at least 4 members (excludes halogenated alkanes) is 40. The number of carboxylic acid groups (broad SMARTS) is 1. The number of rotatable bonds is 67. The Morgan fingerprint density at radius 2 is 0.671 bits per heavy atom. The van der Waals surface area contributed by atoms with Crippen molar-refractivity contribution in [3.8, 4) is 0 Å². The normalized spacial score (nSPS) is 13.1. The van der Waals surface area contributed by atoms with Gasteiger partial charge < -0.3 is 28.5 Å². The summed E-state index contributed by atoms with van der Waals surface area (Å²) in [5.41, 5.74) is 0. The minimum absolute atomic E-state index is 0.182. The third kappa shape index (κ3) is 68.1. The van der Waals surface area contributed by atoms with E-state index in [4.69, 9.17) is 18.9 Å². The van der Waals surface area contributed by atoms with Gasteiger partial charge in [-0.2, -0.15) is 0 Å². The van der Waals surface area contributed by atoms with E-state index in [0.29, 0.717) is 17.4 Å². The van der Waals surface area contributed by atoms with Crippen molar-refractivity contribution in [3.05, 3.63) is 72.9 Å². The first kappa shape index (κ1) is 81.7. The third-order valence-electron chi connectivity index (χ3n) is 15.9. The van der Waals surface area contributed by atoms with Gasteiger partial charge in [-0.25, -0.2) is 4.79 Å². The number of hydrogen-bond donors (Lipinski definition) is 1. The quantitative estimate of drug-likeness (QED) is 0.0211. The van der Waals surface area contributed by atoms with Crippen molar-refractivity contribution < 1.29 is 42.9 Å². The van der Waals surface area contributed by atoms with E-state index in [1.807, 2.05) is 21.1 Å². The van der Waals surface area contributed by atoms with Crippen LogP contribution in [0.1, 0.15) is 335 Å². The zero-order chi connectivity index (χ0) is 61.9. The van der Waals surface area contributed by atoms with E-state index in [9.17, 15) is 19.5 Å². The van der Waals surface area contributed by atoms with Crippen LogP contribution in [0.4, 0.5) is 0 Å². The summed E-state index contributed by atoms with van der Waals surface area (Å²) in [5, 5.41) is 9.75. The molecular formula is C76H138NO8+. The second-order valence-electron chi connectivity index (χ2n) is 25.5. The Bertz CT molecular complexity index is 1620. The SMILES string of the molecule is CC/C=C\C/C=C\C/C=C\C/C=C\C/C=C\CCCCCCCCCCCCCC(=O)OC(COC(=O)CCCCCCCCCCCCCCCCCCCCCCC/C=C\CCCCCCCCCC)COC(OCC[N+](C)(C)C)C(=O)O. The predicted molar refractivity (Wildman–Crippen MR) is 364 cm³/mol. The summed E-state index contributed by atoms with van der Waals surface area (Å²) in [6, 6.07) is 0. The summed E-state index contributed by atoms with van der Waals surface area (Å²) in [7, 11) is 5.98. The van der Waals surface area contributed by atoms with Gasteiger partial charge in [0.2, 0.25) is 0 Å². The average Bonchev–Trinajstić information content (AvgIpc) is 3.48. The van der Waals surface area contributed by atoms with E-state index in [-0.39, 0.29) is 32.2 Å². The molecule has 0 bridgehead atoms. The number of quaternary nitrogens is 1. The Morgan fingerprint density at radius 3 is 1.01 bits per heavy atom. The lowest BCUT2D eigenvalue weighted by Crippen LogP contribution is -2.40. The monoisotopic (exact) mass is 1190 g/mol. The largest absolute Gasteiger partial charge is 0.477 e. The first-order valence-electron chi connectivity index (χ1n) is 36.1. The van der Waals surface area contributed by atoms with Crippen LogP contribution >= 0.6 is 0 Å². The molecule has 0 amide bonds. The van der Waals surface area contributed by atoms with Gasteiger partial charge in [0.1, 0.15) is 13.2 Å². The second-order valence-corrected chi connectivity index (χ2v) is 25.5. The van der Waals surface area contributed by atoms with Gasteiger partial charge in [-0.15, -0.1) is 0 Å². The molecule has 0 saturated carbocycles. The minimum Gasteiger partial charge on any atom is -0.477 e. The summed E-state index contributed by atoms with van der Waals surface area (Å²) >= 11 is 0. The van der Waals surface area contributed by atoms with Gasteiger partial charge in [0.15, 0.2) is 6.10 Å². The molecule has 2 unspecified atom stereocenters. The number of allylic oxidation sites excluding steroid dienone is 12. The summed E-state index contributed by atoms with van der Waals surface area (Å²) < 4.78 is 23.0. The summed E-state index contributed by atoms with van der Waals surface area (Å²) in [6.07, 6.45) is 86.0. The lowest BCUT2D eigenvalue weighted by Gasteiger charge is -2.25. The van der Waals surface area contributed by atoms with Crippen LogP contribution in [0.3, 0.4) is 0 Å². The maximum absolute atomic E-state index is 12.9. The fourth-order valence-electron chi connectivity index (χ4n) is 10.5. The number of likely N-dealkylation sites (N-methyl/N-ethyl adjacent to an activating group) is 1. The molecular weight excluding hydrogens is 1050 g/mol. The van der Waals surface area contributed by atoms with Gasteiger partial charge in [0.25, 0.3) is 6.29 Å². The standard InChI is InChI=1S/C76H137NO8/c1-6-8-10-12-14-16-18-20-22-24-26-28-30-32-34-35-36-37-38-39-41-42-44-46-48-50-52-54-56-58-60-62-64-66-73(78)83-70-72(71-84-76(75(80)81)82-69-68-77(3,4)5)85-74(79)67-65-63-61-59-57-55-53-51-49-47-45-43-40-33-31-29-27-25-23-21-19-17-15-13-11-9-7-2/h9,11,15,17,21,23-24,26-27,29,33,40,72,76H,6-8,10,12-14,16,18-20,22,25,28,30-32,34-39,41-71H2,1-5H3/p+1/b11-9-,17-15-,23-21-,26-24-,29-27-,40-33-. The topological polar surface area (TPSA) is 108 Å². The number of esters is 2. The van der Waals surface area contributed by atoms with E-state index < -0.39 is 24.3 Å². The molecule has 85 heavy (non-hydrogen) atoms. The average molecular weight is 1190 g/mol. The number of carbonyl (C=O) groups excluding carboxylic acids is 2. The predicted octanol–water partition coefficient (Wildman–Crippen LogP) is 22.5. The highest BCUT2D eigenvalue weighted by Gasteiger charge is 2.25. The van der Waals surface area contributed by atoms with Gasteiger partial charge >= 0.3 is 17.9 Å². The number of carboxylic acids is 1. The summed E-state index contributed by atoms with van der Waals surface area (Å²) in [4.78, 5) is 37.6. The van der Waals surface area contributed by atoms with Gasteiger partial charge in [-0.3, -0.25) is 9.59 Å². The van der Waals surface area contributed by atoms with E-state index in [1.165, 1.54) is 231 Å². The Kier molecular flexibility index (Phi) is 64.1. The first-order valence-corrected chi connectivity index (χ1v) is 36.1. The second kappa shape index (κ2) is 66.7. The van der Waals surface area contributed by atoms with E-state index >= 15 is 0 Å². The Labute approximate surface area is 526 Å². The van der Waals surface area contributed by atoms with Crippen LogP contribution < -0.4 is 0 Å². The van der Waals surface area contributed by atoms with Gasteiger partial charge in [0.05, 0.1) is 34.4 Å². The molecule has 2 atom stereocenters. The molecule has 0 aliphatic rings. The molecule has 0 aliphatic heterocycles. The molecule has 494 valence electrons. The van der Waals surface area contributed by atoms with Crippen LogP contribution in [0.2, 0.25) is 0 Å². The van der Waals surface area contributed by atoms with E-state index in [0.717, 1.165) is 77.0 Å². The molecule has 0 aromatic carbocycles. The van der Waals surface area contributed by atoms with Crippen molar-refractivity contribution >= 4 is 17.9 Å². The van der Waals surface area contributed by atoms with Crippen molar-refractivity contribution in [2.75, 3.05) is 47.5 Å². The Balaban J connectivity index is 4.06. The van der Waals surface area contributed by atoms with Gasteiger partial charge in [-0.1, -0.05) is 311 Å². The van der Waals surface area contributed by atoms with Crippen molar-refractivity contribution in [2.45, 2.75) is 347 Å². The molecule has 9 nitrogen and oxygen atoms in total. The molecule has 0 fully saturated rings. The van der Waals surface area contributed by atoms with Crippen LogP contribution in [0.5, 0.6) is 0 Å². The highest BCUT2D eigenvalue weighted by molar-refractivity contribution is 5.71. The number of ether oxygens (including phenoxy) is 4. The lowest BCUT2D eigenvalue weighted by molar-refractivity contribution is -0.870. The molecule has 0 heterocycles. The highest BCUT2D eigenvalue weighted by Crippen LogP contribution is 2.18. The lowest BCUT2D eigenvalue weighted by atomic mass is 10.0. The molecule has 0 radical (unpaired) electrons. The highest BCUT2D eigenvalue weighted by atomic mass is 16.7. The molecule has 0 aromatic rings. The van der Waals surface area contributed by atoms with Gasteiger partial charge in [-0.05, 0) is 83.5 Å². The molecule has 0 aromatic heterocycles. The van der Waals surface area contributed by atoms with Crippen molar-refractivity contribution in [1.29, 1.82) is 0 Å². The summed E-state index contributed by atoms with van der Waals surface area (Å²) in [6.45, 7) is 4.80. The number of hydrogen-bond acceptors (Lipinski definition) is 7. The third-order valence-corrected chi connectivity index (χ3v) is 15.9. The van der Waals surface area contributed by atoms with Crippen molar-refractivity contribution in [3.63, 3.8) is 0 Å².